The molecule has 0 aliphatic carbocycles. The van der Waals surface area contributed by atoms with E-state index < -0.39 is 15.8 Å². The zero-order valence-electron chi connectivity index (χ0n) is 10.0. The normalized spacial score (nSPS) is 11.5. The molecular formula is C11H12FN3O3S. The Kier molecular flexibility index (Phi) is 3.43. The minimum absolute atomic E-state index is 0.193. The van der Waals surface area contributed by atoms with Crippen molar-refractivity contribution in [2.45, 2.75) is 18.5 Å². The highest BCUT2D eigenvalue weighted by molar-refractivity contribution is 7.92. The Morgan fingerprint density at radius 3 is 2.79 bits per heavy atom. The van der Waals surface area contributed by atoms with Gasteiger partial charge < -0.3 is 9.67 Å². The van der Waals surface area contributed by atoms with Crippen molar-refractivity contribution in [3.63, 3.8) is 0 Å². The Morgan fingerprint density at radius 2 is 2.21 bits per heavy atom. The molecule has 0 bridgehead atoms. The molecule has 0 atom stereocenters. The summed E-state index contributed by atoms with van der Waals surface area (Å²) in [7, 11) is -3.94. The molecule has 2 aromatic rings. The largest absolute Gasteiger partial charge is 0.508 e. The van der Waals surface area contributed by atoms with Crippen LogP contribution in [0.4, 0.5) is 10.1 Å². The molecule has 0 amide bonds. The zero-order valence-corrected chi connectivity index (χ0v) is 10.9. The molecule has 0 saturated carbocycles. The first-order valence-electron chi connectivity index (χ1n) is 5.45. The molecule has 2 N–H and O–H groups in total. The number of hydrogen-bond donors (Lipinski definition) is 2. The lowest BCUT2D eigenvalue weighted by Gasteiger charge is -2.06. The van der Waals surface area contributed by atoms with E-state index in [1.165, 1.54) is 18.6 Å². The third kappa shape index (κ3) is 2.84. The number of aromatic nitrogens is 2. The number of rotatable bonds is 4. The van der Waals surface area contributed by atoms with Crippen molar-refractivity contribution in [3.05, 3.63) is 36.5 Å². The van der Waals surface area contributed by atoms with Crippen molar-refractivity contribution in [1.82, 2.24) is 9.55 Å². The first kappa shape index (κ1) is 13.3. The molecule has 1 heterocycles. The van der Waals surface area contributed by atoms with Crippen LogP contribution in [0.15, 0.2) is 35.7 Å². The Balaban J connectivity index is 2.30. The van der Waals surface area contributed by atoms with Gasteiger partial charge in [-0.3, -0.25) is 4.72 Å². The number of imidazole rings is 1. The first-order chi connectivity index (χ1) is 8.92. The molecule has 2 rings (SSSR count). The Bertz CT molecular complexity index is 697. The fourth-order valence-electron chi connectivity index (χ4n) is 1.44. The number of nitrogens with zero attached hydrogens (tertiary/aromatic N) is 2. The van der Waals surface area contributed by atoms with E-state index in [1.54, 1.807) is 4.57 Å². The van der Waals surface area contributed by atoms with Gasteiger partial charge in [-0.15, -0.1) is 0 Å². The number of aryl methyl sites for hydroxylation is 1. The number of anilines is 1. The Morgan fingerprint density at radius 1 is 1.47 bits per heavy atom. The van der Waals surface area contributed by atoms with Gasteiger partial charge in [0.1, 0.15) is 5.75 Å². The van der Waals surface area contributed by atoms with Gasteiger partial charge in [0.2, 0.25) is 0 Å². The van der Waals surface area contributed by atoms with E-state index >= 15 is 0 Å². The third-order valence-corrected chi connectivity index (χ3v) is 3.70. The predicted octanol–water partition coefficient (Wildman–Crippen LogP) is 1.55. The number of hydrogen-bond acceptors (Lipinski definition) is 4. The van der Waals surface area contributed by atoms with Gasteiger partial charge >= 0.3 is 0 Å². The lowest BCUT2D eigenvalue weighted by atomic mass is 10.3. The molecule has 8 heteroatoms. The van der Waals surface area contributed by atoms with Crippen molar-refractivity contribution in [2.75, 3.05) is 4.72 Å². The number of nitrogens with one attached hydrogen (secondary N) is 1. The summed E-state index contributed by atoms with van der Waals surface area (Å²) in [5.41, 5.74) is -0.246. The average molecular weight is 285 g/mol. The van der Waals surface area contributed by atoms with Gasteiger partial charge in [0, 0.05) is 18.8 Å². The maximum absolute atomic E-state index is 13.5. The zero-order chi connectivity index (χ0) is 14.0. The van der Waals surface area contributed by atoms with Crippen molar-refractivity contribution < 1.29 is 17.9 Å². The Labute approximate surface area is 109 Å². The van der Waals surface area contributed by atoms with Gasteiger partial charge in [0.25, 0.3) is 10.0 Å². The highest BCUT2D eigenvalue weighted by Crippen LogP contribution is 2.22. The number of sulfonamides is 1. The molecule has 6 nitrogen and oxygen atoms in total. The maximum Gasteiger partial charge on any atom is 0.281 e. The number of phenolic OH excluding ortho intramolecular Hbond substituents is 1. The second-order valence-corrected chi connectivity index (χ2v) is 5.44. The number of halogens is 1. The molecule has 0 fully saturated rings. The molecule has 0 spiro atoms. The fourth-order valence-corrected chi connectivity index (χ4v) is 2.45. The number of aromatic hydroxyl groups is 1. The van der Waals surface area contributed by atoms with Crippen LogP contribution < -0.4 is 4.72 Å². The van der Waals surface area contributed by atoms with E-state index in [0.717, 1.165) is 12.1 Å². The summed E-state index contributed by atoms with van der Waals surface area (Å²) in [6.45, 7) is 2.42. The van der Waals surface area contributed by atoms with E-state index in [0.29, 0.717) is 6.54 Å². The quantitative estimate of drug-likeness (QED) is 0.835. The molecule has 102 valence electrons. The lowest BCUT2D eigenvalue weighted by molar-refractivity contribution is 0.469. The van der Waals surface area contributed by atoms with Gasteiger partial charge in [-0.2, -0.15) is 8.42 Å². The highest BCUT2D eigenvalue weighted by atomic mass is 32.2. The van der Waals surface area contributed by atoms with Crippen LogP contribution in [0.1, 0.15) is 6.92 Å². The summed E-state index contributed by atoms with van der Waals surface area (Å²) >= 11 is 0. The van der Waals surface area contributed by atoms with Crippen LogP contribution in [-0.4, -0.2) is 23.1 Å². The van der Waals surface area contributed by atoms with E-state index in [9.17, 15) is 12.8 Å². The van der Waals surface area contributed by atoms with Crippen LogP contribution in [0, 0.1) is 5.82 Å². The summed E-state index contributed by atoms with van der Waals surface area (Å²) in [5.74, 6) is -1.14. The number of phenols is 1. The van der Waals surface area contributed by atoms with Crippen LogP contribution in [0.5, 0.6) is 5.75 Å². The molecule has 0 radical (unpaired) electrons. The van der Waals surface area contributed by atoms with Crippen LogP contribution in [-0.2, 0) is 16.6 Å². The van der Waals surface area contributed by atoms with E-state index in [2.05, 4.69) is 9.71 Å². The van der Waals surface area contributed by atoms with Gasteiger partial charge in [-0.1, -0.05) is 0 Å². The first-order valence-corrected chi connectivity index (χ1v) is 6.94. The summed E-state index contributed by atoms with van der Waals surface area (Å²) in [5, 5.41) is 8.86. The van der Waals surface area contributed by atoms with Gasteiger partial charge in [0.05, 0.1) is 12.0 Å². The molecule has 0 unspecified atom stereocenters. The summed E-state index contributed by atoms with van der Waals surface area (Å²) in [6, 6.07) is 3.15. The Hall–Kier alpha value is -2.09. The second kappa shape index (κ2) is 4.88. The monoisotopic (exact) mass is 285 g/mol. The summed E-state index contributed by atoms with van der Waals surface area (Å²) < 4.78 is 41.0. The van der Waals surface area contributed by atoms with E-state index in [1.807, 2.05) is 6.92 Å². The minimum Gasteiger partial charge on any atom is -0.508 e. The van der Waals surface area contributed by atoms with Gasteiger partial charge in [0.15, 0.2) is 10.8 Å². The minimum atomic E-state index is -3.94. The van der Waals surface area contributed by atoms with E-state index in [-0.39, 0.29) is 16.5 Å². The topological polar surface area (TPSA) is 84.2 Å². The molecule has 0 aliphatic rings. The molecule has 19 heavy (non-hydrogen) atoms. The molecule has 1 aromatic heterocycles. The van der Waals surface area contributed by atoms with Crippen LogP contribution >= 0.6 is 0 Å². The lowest BCUT2D eigenvalue weighted by Crippen LogP contribution is -2.14. The van der Waals surface area contributed by atoms with Gasteiger partial charge in [-0.25, -0.2) is 9.37 Å². The average Bonchev–Trinajstić information content (AvgIpc) is 2.82. The van der Waals surface area contributed by atoms with Crippen LogP contribution in [0.3, 0.4) is 0 Å². The van der Waals surface area contributed by atoms with Crippen LogP contribution in [0.25, 0.3) is 0 Å². The van der Waals surface area contributed by atoms with Gasteiger partial charge in [-0.05, 0) is 19.1 Å². The van der Waals surface area contributed by atoms with Crippen molar-refractivity contribution in [2.24, 2.45) is 0 Å². The van der Waals surface area contributed by atoms with Crippen LogP contribution in [0.2, 0.25) is 0 Å². The third-order valence-electron chi connectivity index (χ3n) is 2.45. The van der Waals surface area contributed by atoms with Crippen molar-refractivity contribution in [3.8, 4) is 5.75 Å². The van der Waals surface area contributed by atoms with Crippen molar-refractivity contribution >= 4 is 15.7 Å². The summed E-state index contributed by atoms with van der Waals surface area (Å²) in [4.78, 5) is 3.74. The molecular weight excluding hydrogens is 273 g/mol. The maximum atomic E-state index is 13.5. The summed E-state index contributed by atoms with van der Waals surface area (Å²) in [6.07, 6.45) is 2.72. The fraction of sp³-hybridized carbons (Fsp3) is 0.182. The smallest absolute Gasteiger partial charge is 0.281 e. The molecule has 0 aliphatic heterocycles. The standard InChI is InChI=1S/C11H12FN3O3S/c1-2-15-6-11(13-7-15)19(17,18)14-10-4-3-8(16)5-9(10)12/h3-7,14,16H,2H2,1H3. The van der Waals surface area contributed by atoms with Crippen molar-refractivity contribution in [1.29, 1.82) is 0 Å². The molecule has 0 saturated heterocycles. The highest BCUT2D eigenvalue weighted by Gasteiger charge is 2.19. The number of benzene rings is 1. The SMILES string of the molecule is CCn1cnc(S(=O)(=O)Nc2ccc(O)cc2F)c1. The predicted molar refractivity (Wildman–Crippen MR) is 66.8 cm³/mol. The second-order valence-electron chi connectivity index (χ2n) is 3.81. The van der Waals surface area contributed by atoms with E-state index in [4.69, 9.17) is 5.11 Å². The molecule has 1 aromatic carbocycles.